The summed E-state index contributed by atoms with van der Waals surface area (Å²) in [4.78, 5) is 1.23. The Kier molecular flexibility index (Phi) is 3.59. The summed E-state index contributed by atoms with van der Waals surface area (Å²) in [5.41, 5.74) is 0.952. The summed E-state index contributed by atoms with van der Waals surface area (Å²) in [6, 6.07) is 4.12. The van der Waals surface area contributed by atoms with Gasteiger partial charge in [-0.05, 0) is 25.8 Å². The Balaban J connectivity index is 1.89. The Morgan fingerprint density at radius 1 is 1.56 bits per heavy atom. The standard InChI is InChI=1S/C12H16N2OS/c1-12(2-4-15-5-3-12)14-8-11-6-10(7-13)9-16-11/h6,9,14H,2-5,8H2,1H3. The molecule has 0 saturated carbocycles. The third kappa shape index (κ3) is 2.82. The fourth-order valence-corrected chi connectivity index (χ4v) is 2.58. The number of hydrogen-bond donors (Lipinski definition) is 1. The molecule has 0 aromatic carbocycles. The molecule has 1 aliphatic rings. The van der Waals surface area contributed by atoms with Gasteiger partial charge in [0.2, 0.25) is 0 Å². The van der Waals surface area contributed by atoms with Crippen LogP contribution in [0.15, 0.2) is 11.4 Å². The van der Waals surface area contributed by atoms with Gasteiger partial charge in [-0.15, -0.1) is 11.3 Å². The van der Waals surface area contributed by atoms with E-state index in [9.17, 15) is 0 Å². The first-order valence-corrected chi connectivity index (χ1v) is 6.40. The van der Waals surface area contributed by atoms with Crippen molar-refractivity contribution in [3.8, 4) is 6.07 Å². The molecule has 1 fully saturated rings. The molecule has 16 heavy (non-hydrogen) atoms. The molecule has 86 valence electrons. The quantitative estimate of drug-likeness (QED) is 0.875. The lowest BCUT2D eigenvalue weighted by Gasteiger charge is -2.34. The van der Waals surface area contributed by atoms with E-state index in [1.54, 1.807) is 11.3 Å². The lowest BCUT2D eigenvalue weighted by Crippen LogP contribution is -2.46. The van der Waals surface area contributed by atoms with E-state index < -0.39 is 0 Å². The number of ether oxygens (including phenoxy) is 1. The first kappa shape index (κ1) is 11.6. The van der Waals surface area contributed by atoms with Gasteiger partial charge in [-0.3, -0.25) is 0 Å². The highest BCUT2D eigenvalue weighted by Gasteiger charge is 2.26. The minimum atomic E-state index is 0.190. The van der Waals surface area contributed by atoms with Crippen molar-refractivity contribution in [1.82, 2.24) is 5.32 Å². The van der Waals surface area contributed by atoms with Crippen molar-refractivity contribution < 1.29 is 4.74 Å². The number of hydrogen-bond acceptors (Lipinski definition) is 4. The highest BCUT2D eigenvalue weighted by molar-refractivity contribution is 7.10. The third-order valence-corrected chi connectivity index (χ3v) is 4.01. The molecule has 4 heteroatoms. The summed E-state index contributed by atoms with van der Waals surface area (Å²) in [5, 5.41) is 14.2. The highest BCUT2D eigenvalue weighted by atomic mass is 32.1. The zero-order chi connectivity index (χ0) is 11.4. The summed E-state index contributed by atoms with van der Waals surface area (Å²) in [6.45, 7) is 4.78. The van der Waals surface area contributed by atoms with Crippen LogP contribution in [0.25, 0.3) is 0 Å². The van der Waals surface area contributed by atoms with Crippen LogP contribution in [-0.2, 0) is 11.3 Å². The second kappa shape index (κ2) is 4.96. The van der Waals surface area contributed by atoms with Gasteiger partial charge in [0.05, 0.1) is 5.56 Å². The van der Waals surface area contributed by atoms with Crippen LogP contribution in [0.1, 0.15) is 30.2 Å². The molecule has 0 atom stereocenters. The molecule has 1 aromatic heterocycles. The van der Waals surface area contributed by atoms with Gasteiger partial charge < -0.3 is 10.1 Å². The van der Waals surface area contributed by atoms with E-state index in [-0.39, 0.29) is 5.54 Å². The first-order chi connectivity index (χ1) is 7.72. The number of thiophene rings is 1. The molecular formula is C12H16N2OS. The van der Waals surface area contributed by atoms with Crippen LogP contribution in [0, 0.1) is 11.3 Å². The maximum absolute atomic E-state index is 8.74. The highest BCUT2D eigenvalue weighted by Crippen LogP contribution is 2.21. The van der Waals surface area contributed by atoms with Crippen molar-refractivity contribution in [1.29, 1.82) is 5.26 Å². The topological polar surface area (TPSA) is 45.0 Å². The molecule has 0 unspecified atom stereocenters. The van der Waals surface area contributed by atoms with Crippen molar-refractivity contribution in [2.75, 3.05) is 13.2 Å². The fraction of sp³-hybridized carbons (Fsp3) is 0.583. The molecule has 0 spiro atoms. The SMILES string of the molecule is CC1(NCc2cc(C#N)cs2)CCOCC1. The van der Waals surface area contributed by atoms with Gasteiger partial charge in [-0.25, -0.2) is 0 Å². The van der Waals surface area contributed by atoms with E-state index in [4.69, 9.17) is 10.00 Å². The van der Waals surface area contributed by atoms with Gasteiger partial charge in [0.1, 0.15) is 6.07 Å². The summed E-state index contributed by atoms with van der Waals surface area (Å²) in [6.07, 6.45) is 2.12. The predicted molar refractivity (Wildman–Crippen MR) is 64.3 cm³/mol. The number of rotatable bonds is 3. The first-order valence-electron chi connectivity index (χ1n) is 5.52. The zero-order valence-electron chi connectivity index (χ0n) is 9.45. The molecule has 3 nitrogen and oxygen atoms in total. The minimum Gasteiger partial charge on any atom is -0.381 e. The third-order valence-electron chi connectivity index (χ3n) is 3.07. The van der Waals surface area contributed by atoms with Gasteiger partial charge in [-0.2, -0.15) is 5.26 Å². The zero-order valence-corrected chi connectivity index (χ0v) is 10.3. The van der Waals surface area contributed by atoms with Crippen LogP contribution in [0.3, 0.4) is 0 Å². The van der Waals surface area contributed by atoms with Crippen LogP contribution in [0.2, 0.25) is 0 Å². The van der Waals surface area contributed by atoms with Crippen LogP contribution in [0.4, 0.5) is 0 Å². The monoisotopic (exact) mass is 236 g/mol. The molecule has 0 radical (unpaired) electrons. The van der Waals surface area contributed by atoms with Crippen molar-refractivity contribution in [3.63, 3.8) is 0 Å². The summed E-state index contributed by atoms with van der Waals surface area (Å²) in [5.74, 6) is 0. The Bertz CT molecular complexity index is 388. The minimum absolute atomic E-state index is 0.190. The maximum Gasteiger partial charge on any atom is 0.100 e. The summed E-state index contributed by atoms with van der Waals surface area (Å²) < 4.78 is 5.36. The van der Waals surface area contributed by atoms with Crippen molar-refractivity contribution in [2.24, 2.45) is 0 Å². The molecule has 1 saturated heterocycles. The van der Waals surface area contributed by atoms with E-state index in [2.05, 4.69) is 18.3 Å². The van der Waals surface area contributed by atoms with Crippen LogP contribution in [-0.4, -0.2) is 18.8 Å². The smallest absolute Gasteiger partial charge is 0.100 e. The molecule has 0 amide bonds. The molecule has 1 aliphatic heterocycles. The van der Waals surface area contributed by atoms with E-state index in [1.807, 2.05) is 11.4 Å². The normalized spacial score (nSPS) is 19.2. The van der Waals surface area contributed by atoms with Crippen LogP contribution >= 0.6 is 11.3 Å². The van der Waals surface area contributed by atoms with E-state index in [0.29, 0.717) is 0 Å². The molecule has 0 bridgehead atoms. The number of nitrogens with one attached hydrogen (secondary N) is 1. The molecule has 1 aromatic rings. The van der Waals surface area contributed by atoms with Gasteiger partial charge in [-0.1, -0.05) is 0 Å². The summed E-state index contributed by atoms with van der Waals surface area (Å²) in [7, 11) is 0. The molecule has 0 aliphatic carbocycles. The van der Waals surface area contributed by atoms with Crippen molar-refractivity contribution >= 4 is 11.3 Å². The average molecular weight is 236 g/mol. The fourth-order valence-electron chi connectivity index (χ4n) is 1.83. The van der Waals surface area contributed by atoms with Crippen molar-refractivity contribution in [3.05, 3.63) is 21.9 Å². The van der Waals surface area contributed by atoms with Gasteiger partial charge in [0.25, 0.3) is 0 Å². The van der Waals surface area contributed by atoms with E-state index in [0.717, 1.165) is 38.2 Å². The molecule has 2 rings (SSSR count). The maximum atomic E-state index is 8.74. The summed E-state index contributed by atoms with van der Waals surface area (Å²) >= 11 is 1.65. The molecule has 2 heterocycles. The predicted octanol–water partition coefficient (Wildman–Crippen LogP) is 2.28. The van der Waals surface area contributed by atoms with Gasteiger partial charge in [0.15, 0.2) is 0 Å². The number of nitriles is 1. The second-order valence-corrected chi connectivity index (χ2v) is 5.44. The Hall–Kier alpha value is -0.890. The molecule has 1 N–H and O–H groups in total. The van der Waals surface area contributed by atoms with Crippen LogP contribution < -0.4 is 5.32 Å². The Labute approximate surface area is 100 Å². The lowest BCUT2D eigenvalue weighted by molar-refractivity contribution is 0.0447. The van der Waals surface area contributed by atoms with E-state index >= 15 is 0 Å². The Morgan fingerprint density at radius 3 is 2.94 bits per heavy atom. The second-order valence-electron chi connectivity index (χ2n) is 4.44. The largest absolute Gasteiger partial charge is 0.381 e. The Morgan fingerprint density at radius 2 is 2.31 bits per heavy atom. The van der Waals surface area contributed by atoms with Crippen molar-refractivity contribution in [2.45, 2.75) is 31.8 Å². The number of nitrogens with zero attached hydrogens (tertiary/aromatic N) is 1. The van der Waals surface area contributed by atoms with Crippen LogP contribution in [0.5, 0.6) is 0 Å². The molecular weight excluding hydrogens is 220 g/mol. The average Bonchev–Trinajstić information content (AvgIpc) is 2.75. The van der Waals surface area contributed by atoms with Gasteiger partial charge >= 0.3 is 0 Å². The van der Waals surface area contributed by atoms with E-state index in [1.165, 1.54) is 4.88 Å². The lowest BCUT2D eigenvalue weighted by atomic mass is 9.92. The van der Waals surface area contributed by atoms with Gasteiger partial charge in [0, 0.05) is 35.6 Å².